The van der Waals surface area contributed by atoms with Gasteiger partial charge in [0.1, 0.15) is 0 Å². The number of nitrogens with one attached hydrogen (secondary N) is 1. The predicted octanol–water partition coefficient (Wildman–Crippen LogP) is 0.635. The molecule has 1 rings (SSSR count). The average molecular weight is 228 g/mol. The van der Waals surface area contributed by atoms with E-state index in [0.717, 1.165) is 5.56 Å². The first-order chi connectivity index (χ1) is 6.91. The zero-order chi connectivity index (χ0) is 11.5. The Labute approximate surface area is 93.1 Å². The minimum Gasteiger partial charge on any atom is -0.387 e. The van der Waals surface area contributed by atoms with Crippen molar-refractivity contribution in [3.63, 3.8) is 0 Å². The fourth-order valence-electron chi connectivity index (χ4n) is 1.000. The van der Waals surface area contributed by atoms with Gasteiger partial charge in [-0.2, -0.15) is 11.3 Å². The average Bonchev–Trinajstić information content (AvgIpc) is 2.64. The summed E-state index contributed by atoms with van der Waals surface area (Å²) in [7, 11) is 0. The zero-order valence-electron chi connectivity index (χ0n) is 8.86. The van der Waals surface area contributed by atoms with Gasteiger partial charge in [-0.25, -0.2) is 0 Å². The van der Waals surface area contributed by atoms with E-state index < -0.39 is 11.6 Å². The van der Waals surface area contributed by atoms with Gasteiger partial charge in [0, 0.05) is 6.54 Å². The van der Waals surface area contributed by atoms with Crippen molar-refractivity contribution in [2.24, 2.45) is 5.73 Å². The summed E-state index contributed by atoms with van der Waals surface area (Å²) in [5.41, 5.74) is 5.50. The lowest BCUT2D eigenvalue weighted by molar-refractivity contribution is -0.125. The van der Waals surface area contributed by atoms with Gasteiger partial charge in [0.15, 0.2) is 0 Å². The highest BCUT2D eigenvalue weighted by Crippen LogP contribution is 2.15. The molecule has 1 unspecified atom stereocenters. The van der Waals surface area contributed by atoms with Crippen LogP contribution in [0.5, 0.6) is 0 Å². The van der Waals surface area contributed by atoms with Crippen LogP contribution in [0, 0.1) is 0 Å². The van der Waals surface area contributed by atoms with Gasteiger partial charge >= 0.3 is 0 Å². The molecule has 4 nitrogen and oxygen atoms in total. The SMILES string of the molecule is CC(C)(N)C(=O)NCC(O)c1ccsc1. The second-order valence-corrected chi connectivity index (χ2v) is 4.78. The summed E-state index contributed by atoms with van der Waals surface area (Å²) in [4.78, 5) is 11.4. The first-order valence-electron chi connectivity index (χ1n) is 4.68. The van der Waals surface area contributed by atoms with Gasteiger partial charge in [-0.15, -0.1) is 0 Å². The summed E-state index contributed by atoms with van der Waals surface area (Å²) < 4.78 is 0. The van der Waals surface area contributed by atoms with Crippen LogP contribution >= 0.6 is 11.3 Å². The minimum absolute atomic E-state index is 0.191. The number of amides is 1. The van der Waals surface area contributed by atoms with Crippen LogP contribution in [0.15, 0.2) is 16.8 Å². The van der Waals surface area contributed by atoms with E-state index in [0.29, 0.717) is 0 Å². The monoisotopic (exact) mass is 228 g/mol. The normalized spacial score (nSPS) is 13.6. The Kier molecular flexibility index (Phi) is 3.84. The number of rotatable bonds is 4. The number of carbonyl (C=O) groups is 1. The molecule has 0 saturated heterocycles. The maximum absolute atomic E-state index is 11.4. The van der Waals surface area contributed by atoms with Crippen LogP contribution in [0.4, 0.5) is 0 Å². The molecule has 1 aromatic heterocycles. The van der Waals surface area contributed by atoms with E-state index in [1.54, 1.807) is 13.8 Å². The van der Waals surface area contributed by atoms with Gasteiger partial charge in [0.25, 0.3) is 0 Å². The Balaban J connectivity index is 2.42. The molecule has 0 aromatic carbocycles. The van der Waals surface area contributed by atoms with Gasteiger partial charge in [0.2, 0.25) is 5.91 Å². The Bertz CT molecular complexity index is 317. The molecular weight excluding hydrogens is 212 g/mol. The van der Waals surface area contributed by atoms with Crippen molar-refractivity contribution in [2.75, 3.05) is 6.54 Å². The smallest absolute Gasteiger partial charge is 0.239 e. The number of thiophene rings is 1. The standard InChI is InChI=1S/C10H16N2O2S/c1-10(2,11)9(14)12-5-8(13)7-3-4-15-6-7/h3-4,6,8,13H,5,11H2,1-2H3,(H,12,14). The molecule has 4 N–H and O–H groups in total. The van der Waals surface area contributed by atoms with Gasteiger partial charge in [0.05, 0.1) is 11.6 Å². The molecule has 15 heavy (non-hydrogen) atoms. The number of nitrogens with two attached hydrogens (primary N) is 1. The van der Waals surface area contributed by atoms with Crippen LogP contribution in [0.3, 0.4) is 0 Å². The molecule has 84 valence electrons. The van der Waals surface area contributed by atoms with E-state index in [4.69, 9.17) is 5.73 Å². The number of carbonyl (C=O) groups excluding carboxylic acids is 1. The highest BCUT2D eigenvalue weighted by atomic mass is 32.1. The largest absolute Gasteiger partial charge is 0.387 e. The zero-order valence-corrected chi connectivity index (χ0v) is 9.67. The number of aliphatic hydroxyl groups excluding tert-OH is 1. The van der Waals surface area contributed by atoms with Gasteiger partial charge in [-0.1, -0.05) is 0 Å². The van der Waals surface area contributed by atoms with Crippen LogP contribution in [0.25, 0.3) is 0 Å². The third-order valence-corrected chi connectivity index (χ3v) is 2.67. The van der Waals surface area contributed by atoms with E-state index in [1.807, 2.05) is 16.8 Å². The molecule has 0 aliphatic carbocycles. The van der Waals surface area contributed by atoms with Crippen LogP contribution < -0.4 is 11.1 Å². The van der Waals surface area contributed by atoms with E-state index in [1.165, 1.54) is 11.3 Å². The van der Waals surface area contributed by atoms with Crippen molar-refractivity contribution in [1.82, 2.24) is 5.32 Å². The molecular formula is C10H16N2O2S. The lowest BCUT2D eigenvalue weighted by Crippen LogP contribution is -2.49. The Morgan fingerprint density at radius 1 is 1.73 bits per heavy atom. The summed E-state index contributed by atoms with van der Waals surface area (Å²) in [5, 5.41) is 16.0. The fourth-order valence-corrected chi connectivity index (χ4v) is 1.71. The summed E-state index contributed by atoms with van der Waals surface area (Å²) in [5.74, 6) is -0.267. The lowest BCUT2D eigenvalue weighted by Gasteiger charge is -2.19. The second kappa shape index (κ2) is 4.74. The van der Waals surface area contributed by atoms with Crippen molar-refractivity contribution in [2.45, 2.75) is 25.5 Å². The van der Waals surface area contributed by atoms with Crippen molar-refractivity contribution < 1.29 is 9.90 Å². The number of hydrogen-bond donors (Lipinski definition) is 3. The molecule has 5 heteroatoms. The molecule has 1 aromatic rings. The Morgan fingerprint density at radius 2 is 2.40 bits per heavy atom. The van der Waals surface area contributed by atoms with E-state index in [9.17, 15) is 9.90 Å². The predicted molar refractivity (Wildman–Crippen MR) is 60.6 cm³/mol. The highest BCUT2D eigenvalue weighted by molar-refractivity contribution is 7.07. The van der Waals surface area contributed by atoms with Gasteiger partial charge in [-0.3, -0.25) is 4.79 Å². The van der Waals surface area contributed by atoms with E-state index >= 15 is 0 Å². The van der Waals surface area contributed by atoms with Crippen LogP contribution in [-0.4, -0.2) is 23.1 Å². The molecule has 0 radical (unpaired) electrons. The molecule has 1 amide bonds. The first kappa shape index (κ1) is 12.2. The Hall–Kier alpha value is -0.910. The quantitative estimate of drug-likeness (QED) is 0.707. The summed E-state index contributed by atoms with van der Waals surface area (Å²) in [6.45, 7) is 3.44. The van der Waals surface area contributed by atoms with Gasteiger partial charge in [-0.05, 0) is 36.2 Å². The molecule has 0 spiro atoms. The minimum atomic E-state index is -0.908. The summed E-state index contributed by atoms with van der Waals surface area (Å²) in [6, 6.07) is 1.83. The lowest BCUT2D eigenvalue weighted by atomic mass is 10.1. The van der Waals surface area contributed by atoms with Crippen LogP contribution in [0.2, 0.25) is 0 Å². The molecule has 0 aliphatic heterocycles. The topological polar surface area (TPSA) is 75.4 Å². The van der Waals surface area contributed by atoms with Crippen molar-refractivity contribution >= 4 is 17.2 Å². The van der Waals surface area contributed by atoms with Crippen molar-refractivity contribution in [1.29, 1.82) is 0 Å². The molecule has 0 aliphatic rings. The van der Waals surface area contributed by atoms with Crippen LogP contribution in [0.1, 0.15) is 25.5 Å². The maximum atomic E-state index is 11.4. The number of hydrogen-bond acceptors (Lipinski definition) is 4. The van der Waals surface area contributed by atoms with Crippen molar-refractivity contribution in [3.05, 3.63) is 22.4 Å². The molecule has 1 heterocycles. The molecule has 0 fully saturated rings. The van der Waals surface area contributed by atoms with Gasteiger partial charge < -0.3 is 16.2 Å². The van der Waals surface area contributed by atoms with E-state index in [-0.39, 0.29) is 12.5 Å². The summed E-state index contributed by atoms with van der Waals surface area (Å²) in [6.07, 6.45) is -0.664. The van der Waals surface area contributed by atoms with E-state index in [2.05, 4.69) is 5.32 Å². The molecule has 0 bridgehead atoms. The van der Waals surface area contributed by atoms with Crippen LogP contribution in [-0.2, 0) is 4.79 Å². The highest BCUT2D eigenvalue weighted by Gasteiger charge is 2.22. The third kappa shape index (κ3) is 3.62. The van der Waals surface area contributed by atoms with Crippen molar-refractivity contribution in [3.8, 4) is 0 Å². The molecule has 1 atom stereocenters. The Morgan fingerprint density at radius 3 is 2.87 bits per heavy atom. The maximum Gasteiger partial charge on any atom is 0.239 e. The third-order valence-electron chi connectivity index (χ3n) is 1.97. The fraction of sp³-hybridized carbons (Fsp3) is 0.500. The summed E-state index contributed by atoms with van der Waals surface area (Å²) >= 11 is 1.51. The number of aliphatic hydroxyl groups is 1. The second-order valence-electron chi connectivity index (χ2n) is 4.00. The molecule has 0 saturated carbocycles. The first-order valence-corrected chi connectivity index (χ1v) is 5.63.